The molecule has 0 aliphatic heterocycles. The van der Waals surface area contributed by atoms with Crippen molar-refractivity contribution in [2.45, 2.75) is 33.2 Å². The highest BCUT2D eigenvalue weighted by Crippen LogP contribution is 2.24. The highest BCUT2D eigenvalue weighted by molar-refractivity contribution is 6.03. The van der Waals surface area contributed by atoms with Gasteiger partial charge in [0.25, 0.3) is 5.91 Å². The van der Waals surface area contributed by atoms with Gasteiger partial charge >= 0.3 is 0 Å². The van der Waals surface area contributed by atoms with Gasteiger partial charge in [-0.1, -0.05) is 12.1 Å². The van der Waals surface area contributed by atoms with Gasteiger partial charge in [0, 0.05) is 5.54 Å². The third kappa shape index (κ3) is 4.98. The van der Waals surface area contributed by atoms with Crippen LogP contribution in [0.3, 0.4) is 0 Å². The molecule has 0 spiro atoms. The number of aromatic nitrogens is 1. The molecule has 5 nitrogen and oxygen atoms in total. The Morgan fingerprint density at radius 3 is 2.52 bits per heavy atom. The van der Waals surface area contributed by atoms with Gasteiger partial charge in [0.1, 0.15) is 11.4 Å². The molecule has 0 saturated heterocycles. The van der Waals surface area contributed by atoms with E-state index in [2.05, 4.69) is 36.4 Å². The number of nitrogens with one attached hydrogen (secondary N) is 2. The fraction of sp³-hybridized carbons (Fsp3) is 0.333. The molecule has 2 aromatic rings. The predicted octanol–water partition coefficient (Wildman–Crippen LogP) is 3.94. The molecule has 0 radical (unpaired) electrons. The largest absolute Gasteiger partial charge is 0.492 e. The van der Waals surface area contributed by atoms with Crippen LogP contribution in [0.5, 0.6) is 5.75 Å². The number of hydrogen-bond acceptors (Lipinski definition) is 4. The molecule has 1 amide bonds. The van der Waals surface area contributed by atoms with Crippen molar-refractivity contribution in [2.24, 2.45) is 0 Å². The number of amides is 1. The van der Waals surface area contributed by atoms with E-state index >= 15 is 0 Å². The average molecular weight is 313 g/mol. The van der Waals surface area contributed by atoms with Crippen molar-refractivity contribution in [1.29, 1.82) is 0 Å². The Morgan fingerprint density at radius 2 is 1.91 bits per heavy atom. The summed E-state index contributed by atoms with van der Waals surface area (Å²) in [7, 11) is 0. The Hall–Kier alpha value is -2.56. The molecule has 1 aromatic carbocycles. The van der Waals surface area contributed by atoms with Crippen molar-refractivity contribution in [3.63, 3.8) is 0 Å². The lowest BCUT2D eigenvalue weighted by Crippen LogP contribution is -2.26. The Bertz CT molecular complexity index is 661. The molecule has 1 heterocycles. The highest BCUT2D eigenvalue weighted by atomic mass is 16.5. The van der Waals surface area contributed by atoms with Gasteiger partial charge in [-0.2, -0.15) is 0 Å². The number of pyridine rings is 1. The zero-order chi connectivity index (χ0) is 16.9. The number of ether oxygens (including phenoxy) is 1. The summed E-state index contributed by atoms with van der Waals surface area (Å²) in [5.41, 5.74) is 1.82. The molecule has 0 aliphatic rings. The van der Waals surface area contributed by atoms with Crippen molar-refractivity contribution in [3.05, 3.63) is 48.3 Å². The van der Waals surface area contributed by atoms with Gasteiger partial charge in [0.05, 0.1) is 24.2 Å². The summed E-state index contributed by atoms with van der Waals surface area (Å²) in [5, 5.41) is 6.14. The monoisotopic (exact) mass is 313 g/mol. The maximum Gasteiger partial charge on any atom is 0.274 e. The number of nitrogens with zero attached hydrogens (tertiary/aromatic N) is 1. The second-order valence-corrected chi connectivity index (χ2v) is 6.19. The van der Waals surface area contributed by atoms with E-state index in [-0.39, 0.29) is 11.4 Å². The molecule has 2 N–H and O–H groups in total. The van der Waals surface area contributed by atoms with Crippen LogP contribution < -0.4 is 15.4 Å². The van der Waals surface area contributed by atoms with E-state index in [9.17, 15) is 4.79 Å². The van der Waals surface area contributed by atoms with E-state index in [1.165, 1.54) is 0 Å². The van der Waals surface area contributed by atoms with Crippen molar-refractivity contribution in [2.75, 3.05) is 17.2 Å². The van der Waals surface area contributed by atoms with Gasteiger partial charge in [0.2, 0.25) is 0 Å². The summed E-state index contributed by atoms with van der Waals surface area (Å²) in [6.45, 7) is 8.65. The third-order valence-corrected chi connectivity index (χ3v) is 2.95. The summed E-state index contributed by atoms with van der Waals surface area (Å²) < 4.78 is 5.50. The third-order valence-electron chi connectivity index (χ3n) is 2.95. The maximum absolute atomic E-state index is 12.3. The molecular formula is C18H23N3O2. The smallest absolute Gasteiger partial charge is 0.274 e. The van der Waals surface area contributed by atoms with Gasteiger partial charge in [-0.05, 0) is 52.0 Å². The summed E-state index contributed by atoms with van der Waals surface area (Å²) >= 11 is 0. The van der Waals surface area contributed by atoms with Gasteiger partial charge in [0.15, 0.2) is 0 Å². The molecule has 0 atom stereocenters. The molecule has 0 saturated carbocycles. The van der Waals surface area contributed by atoms with Gasteiger partial charge in [-0.15, -0.1) is 0 Å². The number of benzene rings is 1. The molecular weight excluding hydrogens is 290 g/mol. The van der Waals surface area contributed by atoms with E-state index in [1.807, 2.05) is 31.2 Å². The second-order valence-electron chi connectivity index (χ2n) is 6.19. The van der Waals surface area contributed by atoms with Gasteiger partial charge in [-0.25, -0.2) is 4.98 Å². The molecule has 5 heteroatoms. The number of para-hydroxylation sites is 2. The predicted molar refractivity (Wildman–Crippen MR) is 93.2 cm³/mol. The SMILES string of the molecule is CCOc1ccccc1NC(=O)c1ccc(NC(C)(C)C)cn1. The zero-order valence-electron chi connectivity index (χ0n) is 14.0. The number of carbonyl (C=O) groups is 1. The highest BCUT2D eigenvalue weighted by Gasteiger charge is 2.13. The van der Waals surface area contributed by atoms with Crippen LogP contribution in [0.1, 0.15) is 38.2 Å². The Labute approximate surface area is 137 Å². The fourth-order valence-electron chi connectivity index (χ4n) is 2.07. The van der Waals surface area contributed by atoms with E-state index < -0.39 is 0 Å². The Balaban J connectivity index is 2.09. The lowest BCUT2D eigenvalue weighted by atomic mass is 10.1. The van der Waals surface area contributed by atoms with Gasteiger partial charge < -0.3 is 15.4 Å². The van der Waals surface area contributed by atoms with Crippen molar-refractivity contribution in [1.82, 2.24) is 4.98 Å². The number of hydrogen-bond donors (Lipinski definition) is 2. The van der Waals surface area contributed by atoms with Gasteiger partial charge in [-0.3, -0.25) is 4.79 Å². The number of anilines is 2. The first-order chi connectivity index (χ1) is 10.9. The maximum atomic E-state index is 12.3. The minimum absolute atomic E-state index is 0.0537. The molecule has 0 aliphatic carbocycles. The standard InChI is InChI=1S/C18H23N3O2/c1-5-23-16-9-7-6-8-14(16)20-17(22)15-11-10-13(12-19-15)21-18(2,3)4/h6-12,21H,5H2,1-4H3,(H,20,22). The van der Waals surface area contributed by atoms with E-state index in [4.69, 9.17) is 4.74 Å². The van der Waals surface area contributed by atoms with Crippen LogP contribution in [-0.2, 0) is 0 Å². The number of rotatable bonds is 5. The quantitative estimate of drug-likeness (QED) is 0.877. The summed E-state index contributed by atoms with van der Waals surface area (Å²) in [6.07, 6.45) is 1.66. The van der Waals surface area contributed by atoms with Crippen LogP contribution in [0.2, 0.25) is 0 Å². The van der Waals surface area contributed by atoms with Crippen LogP contribution in [0, 0.1) is 0 Å². The molecule has 23 heavy (non-hydrogen) atoms. The van der Waals surface area contributed by atoms with E-state index in [1.54, 1.807) is 18.3 Å². The summed E-state index contributed by atoms with van der Waals surface area (Å²) in [6, 6.07) is 10.9. The summed E-state index contributed by atoms with van der Waals surface area (Å²) in [5.74, 6) is 0.383. The molecule has 2 rings (SSSR count). The van der Waals surface area contributed by atoms with E-state index in [0.717, 1.165) is 5.69 Å². The molecule has 0 bridgehead atoms. The van der Waals surface area contributed by atoms with Crippen molar-refractivity contribution >= 4 is 17.3 Å². The zero-order valence-corrected chi connectivity index (χ0v) is 14.0. The van der Waals surface area contributed by atoms with Crippen LogP contribution in [0.25, 0.3) is 0 Å². The first kappa shape index (κ1) is 16.8. The van der Waals surface area contributed by atoms with Crippen LogP contribution in [-0.4, -0.2) is 23.0 Å². The van der Waals surface area contributed by atoms with Crippen LogP contribution in [0.4, 0.5) is 11.4 Å². The topological polar surface area (TPSA) is 63.2 Å². The lowest BCUT2D eigenvalue weighted by Gasteiger charge is -2.21. The van der Waals surface area contributed by atoms with Crippen molar-refractivity contribution < 1.29 is 9.53 Å². The minimum atomic E-state index is -0.264. The molecule has 0 fully saturated rings. The first-order valence-corrected chi connectivity index (χ1v) is 7.66. The van der Waals surface area contributed by atoms with Crippen LogP contribution >= 0.6 is 0 Å². The van der Waals surface area contributed by atoms with Crippen LogP contribution in [0.15, 0.2) is 42.6 Å². The normalized spacial score (nSPS) is 11.0. The van der Waals surface area contributed by atoms with E-state index in [0.29, 0.717) is 23.7 Å². The van der Waals surface area contributed by atoms with Crippen molar-refractivity contribution in [3.8, 4) is 5.75 Å². The second kappa shape index (κ2) is 7.13. The average Bonchev–Trinajstić information content (AvgIpc) is 2.48. The molecule has 122 valence electrons. The molecule has 1 aromatic heterocycles. The number of carbonyl (C=O) groups excluding carboxylic acids is 1. The lowest BCUT2D eigenvalue weighted by molar-refractivity contribution is 0.102. The summed E-state index contributed by atoms with van der Waals surface area (Å²) in [4.78, 5) is 16.5. The fourth-order valence-corrected chi connectivity index (χ4v) is 2.07. The Kier molecular flexibility index (Phi) is 5.21. The molecule has 0 unspecified atom stereocenters. The minimum Gasteiger partial charge on any atom is -0.492 e. The Morgan fingerprint density at radius 1 is 1.17 bits per heavy atom. The first-order valence-electron chi connectivity index (χ1n) is 7.66.